The molecule has 1 aromatic carbocycles. The van der Waals surface area contributed by atoms with Crippen LogP contribution in [0.15, 0.2) is 12.1 Å². The molecule has 0 spiro atoms. The molecule has 3 amide bonds. The number of benzene rings is 1. The lowest BCUT2D eigenvalue weighted by Crippen LogP contribution is -2.66. The van der Waals surface area contributed by atoms with E-state index in [4.69, 9.17) is 37.1 Å². The Balaban J connectivity index is 2.07. The quantitative estimate of drug-likeness (QED) is 0.367. The fourth-order valence-corrected chi connectivity index (χ4v) is 2.95. The lowest BCUT2D eigenvalue weighted by Gasteiger charge is -2.53. The van der Waals surface area contributed by atoms with Crippen molar-refractivity contribution in [2.24, 2.45) is 0 Å². The number of nitrogens with two attached hydrogens (primary N) is 1. The summed E-state index contributed by atoms with van der Waals surface area (Å²) in [6.45, 7) is -0.154. The van der Waals surface area contributed by atoms with E-state index in [9.17, 15) is 18.8 Å². The Morgan fingerprint density at radius 1 is 1.21 bits per heavy atom. The minimum atomic E-state index is -2.31. The molecule has 1 aromatic rings. The second kappa shape index (κ2) is 4.91. The van der Waals surface area contributed by atoms with E-state index in [1.165, 1.54) is 0 Å². The van der Waals surface area contributed by atoms with E-state index < -0.39 is 40.0 Å². The van der Waals surface area contributed by atoms with Gasteiger partial charge in [-0.05, 0) is 17.3 Å². The van der Waals surface area contributed by atoms with Crippen LogP contribution in [0, 0.1) is 5.82 Å². The first-order valence-electron chi connectivity index (χ1n) is 6.88. The number of halogens is 1. The van der Waals surface area contributed by atoms with Gasteiger partial charge in [0.25, 0.3) is 5.91 Å². The average Bonchev–Trinajstić information content (AvgIpc) is 2.75. The molecule has 0 saturated carbocycles. The van der Waals surface area contributed by atoms with Crippen molar-refractivity contribution in [3.8, 4) is 0 Å². The predicted molar refractivity (Wildman–Crippen MR) is 86.0 cm³/mol. The lowest BCUT2D eigenvalue weighted by molar-refractivity contribution is -0.138. The van der Waals surface area contributed by atoms with Crippen molar-refractivity contribution in [2.75, 3.05) is 5.73 Å². The zero-order chi connectivity index (χ0) is 18.0. The molecular weight excluding hydrogens is 308 g/mol. The summed E-state index contributed by atoms with van der Waals surface area (Å²) in [7, 11) is 23.1. The summed E-state index contributed by atoms with van der Waals surface area (Å²) < 4.78 is 13.5. The van der Waals surface area contributed by atoms with Gasteiger partial charge in [0.1, 0.15) is 11.9 Å². The molecule has 3 N–H and O–H groups in total. The van der Waals surface area contributed by atoms with Crippen LogP contribution in [0.1, 0.15) is 15.9 Å². The van der Waals surface area contributed by atoms with Gasteiger partial charge in [-0.15, -0.1) is 0 Å². The summed E-state index contributed by atoms with van der Waals surface area (Å²) in [4.78, 5) is 37.6. The Labute approximate surface area is 142 Å². The van der Waals surface area contributed by atoms with Crippen molar-refractivity contribution >= 4 is 54.8 Å². The molecule has 2 heterocycles. The highest BCUT2D eigenvalue weighted by molar-refractivity contribution is 6.63. The summed E-state index contributed by atoms with van der Waals surface area (Å²) >= 11 is 0. The first kappa shape index (κ1) is 16.7. The lowest BCUT2D eigenvalue weighted by atomic mass is 9.26. The van der Waals surface area contributed by atoms with Crippen LogP contribution in [0.4, 0.5) is 10.1 Å². The Bertz CT molecular complexity index is 799. The molecule has 112 valence electrons. The van der Waals surface area contributed by atoms with Crippen molar-refractivity contribution in [3.63, 3.8) is 0 Å². The van der Waals surface area contributed by atoms with E-state index >= 15 is 0 Å². The van der Waals surface area contributed by atoms with Gasteiger partial charge in [0.2, 0.25) is 11.8 Å². The van der Waals surface area contributed by atoms with Gasteiger partial charge in [0, 0.05) is 23.4 Å². The van der Waals surface area contributed by atoms with Gasteiger partial charge < -0.3 is 10.6 Å². The number of hydrogen-bond acceptors (Lipinski definition) is 4. The molecule has 3 rings (SSSR count). The average molecular weight is 316 g/mol. The number of imide groups is 1. The third-order valence-electron chi connectivity index (χ3n) is 4.41. The summed E-state index contributed by atoms with van der Waals surface area (Å²) in [5, 5.41) is -2.62. The fraction of sp³-hybridized carbons (Fsp3) is 0.308. The van der Waals surface area contributed by atoms with Crippen LogP contribution in [0.3, 0.4) is 0 Å². The number of amides is 3. The van der Waals surface area contributed by atoms with Crippen LogP contribution in [-0.2, 0) is 16.1 Å². The molecule has 1 atom stereocenters. The van der Waals surface area contributed by atoms with Crippen LogP contribution in [0.25, 0.3) is 0 Å². The maximum atomic E-state index is 13.5. The molecule has 1 fully saturated rings. The molecule has 0 aromatic heterocycles. The maximum Gasteiger partial charge on any atom is 0.255 e. The summed E-state index contributed by atoms with van der Waals surface area (Å²) in [5.41, 5.74) is 6.06. The Hall–Kier alpha value is -2.18. The standard InChI is InChI=1S/C13H8B4FN3O3/c14-12(15)8(9(22)20-11(24)13(12,16)17)21-3-6-5(10(21)23)1-4(18)2-7(6)19/h1-2,8H,3,19H2,(H,20,22,24)/t8-/m1/s1. The van der Waals surface area contributed by atoms with Gasteiger partial charge in [-0.3, -0.25) is 19.7 Å². The van der Waals surface area contributed by atoms with Gasteiger partial charge in [0.05, 0.1) is 31.4 Å². The van der Waals surface area contributed by atoms with E-state index in [1.807, 2.05) is 5.32 Å². The first-order valence-corrected chi connectivity index (χ1v) is 6.88. The molecule has 0 unspecified atom stereocenters. The Morgan fingerprint density at radius 3 is 2.46 bits per heavy atom. The second-order valence-corrected chi connectivity index (χ2v) is 5.98. The van der Waals surface area contributed by atoms with E-state index in [1.54, 1.807) is 0 Å². The highest BCUT2D eigenvalue weighted by Gasteiger charge is 2.56. The minimum absolute atomic E-state index is 0.0207. The van der Waals surface area contributed by atoms with Crippen molar-refractivity contribution in [3.05, 3.63) is 29.1 Å². The predicted octanol–water partition coefficient (Wildman–Crippen LogP) is -1.70. The number of nitrogens with zero attached hydrogens (tertiary/aromatic N) is 1. The number of carbonyl (C=O) groups is 3. The van der Waals surface area contributed by atoms with Crippen molar-refractivity contribution in [1.82, 2.24) is 10.2 Å². The summed E-state index contributed by atoms with van der Waals surface area (Å²) in [6, 6.07) is 0.494. The zero-order valence-corrected chi connectivity index (χ0v) is 12.4. The molecule has 0 aliphatic carbocycles. The van der Waals surface area contributed by atoms with Crippen molar-refractivity contribution in [1.29, 1.82) is 0 Å². The van der Waals surface area contributed by atoms with E-state index in [-0.39, 0.29) is 17.8 Å². The number of carbonyl (C=O) groups excluding carboxylic acids is 3. The van der Waals surface area contributed by atoms with Gasteiger partial charge in [-0.25, -0.2) is 4.39 Å². The SMILES string of the molecule is [B]C1([B])C(=O)NC(=O)[C@@H](N2Cc3c(N)cc(F)cc3C2=O)C1([B])[B]. The third kappa shape index (κ3) is 2.03. The van der Waals surface area contributed by atoms with Crippen LogP contribution in [0.2, 0.25) is 10.4 Å². The van der Waals surface area contributed by atoms with E-state index in [0.29, 0.717) is 5.56 Å². The number of piperidine rings is 1. The molecule has 6 nitrogen and oxygen atoms in total. The Kier molecular flexibility index (Phi) is 3.41. The molecule has 2 aliphatic heterocycles. The van der Waals surface area contributed by atoms with Gasteiger partial charge >= 0.3 is 0 Å². The monoisotopic (exact) mass is 317 g/mol. The molecule has 11 heteroatoms. The normalized spacial score (nSPS) is 24.6. The molecule has 2 aliphatic rings. The molecule has 8 radical (unpaired) electrons. The van der Waals surface area contributed by atoms with E-state index in [2.05, 4.69) is 0 Å². The van der Waals surface area contributed by atoms with E-state index in [0.717, 1.165) is 17.0 Å². The number of nitrogens with one attached hydrogen (secondary N) is 1. The molecular formula is C13H8B4FN3O3. The van der Waals surface area contributed by atoms with Crippen LogP contribution in [-0.4, -0.2) is 60.0 Å². The van der Waals surface area contributed by atoms with Gasteiger partial charge in [-0.1, -0.05) is 5.21 Å². The highest BCUT2D eigenvalue weighted by atomic mass is 19.1. The first-order chi connectivity index (χ1) is 11.0. The zero-order valence-electron chi connectivity index (χ0n) is 12.4. The molecule has 1 saturated heterocycles. The van der Waals surface area contributed by atoms with Gasteiger partial charge in [-0.2, -0.15) is 0 Å². The van der Waals surface area contributed by atoms with Crippen LogP contribution >= 0.6 is 0 Å². The van der Waals surface area contributed by atoms with Crippen molar-refractivity contribution < 1.29 is 18.8 Å². The number of anilines is 1. The van der Waals surface area contributed by atoms with Crippen LogP contribution < -0.4 is 11.1 Å². The largest absolute Gasteiger partial charge is 0.398 e. The number of fused-ring (bicyclic) bond motifs is 1. The number of nitrogen functional groups attached to an aromatic ring is 1. The topological polar surface area (TPSA) is 92.5 Å². The maximum absolute atomic E-state index is 13.5. The Morgan fingerprint density at radius 2 is 1.83 bits per heavy atom. The third-order valence-corrected chi connectivity index (χ3v) is 4.41. The van der Waals surface area contributed by atoms with Crippen LogP contribution in [0.5, 0.6) is 0 Å². The molecule has 24 heavy (non-hydrogen) atoms. The smallest absolute Gasteiger partial charge is 0.255 e. The summed E-state index contributed by atoms with van der Waals surface area (Å²) in [6.07, 6.45) is 0. The summed E-state index contributed by atoms with van der Waals surface area (Å²) in [5.74, 6) is -3.43. The number of rotatable bonds is 1. The number of hydrogen-bond donors (Lipinski definition) is 2. The minimum Gasteiger partial charge on any atom is -0.398 e. The second-order valence-electron chi connectivity index (χ2n) is 5.98. The highest BCUT2D eigenvalue weighted by Crippen LogP contribution is 2.50. The fourth-order valence-electron chi connectivity index (χ4n) is 2.95. The van der Waals surface area contributed by atoms with Gasteiger partial charge in [0.15, 0.2) is 0 Å². The van der Waals surface area contributed by atoms with Crippen molar-refractivity contribution in [2.45, 2.75) is 23.0 Å². The molecule has 0 bridgehead atoms.